The van der Waals surface area contributed by atoms with Crippen LogP contribution in [0.25, 0.3) is 0 Å². The van der Waals surface area contributed by atoms with Gasteiger partial charge in [-0.25, -0.2) is 4.39 Å². The van der Waals surface area contributed by atoms with Gasteiger partial charge in [-0.15, -0.1) is 0 Å². The number of hydrogen-bond donors (Lipinski definition) is 1. The molecule has 0 aromatic heterocycles. The number of hydrogen-bond acceptors (Lipinski definition) is 2. The molecule has 0 spiro atoms. The van der Waals surface area contributed by atoms with E-state index in [0.717, 1.165) is 24.9 Å². The van der Waals surface area contributed by atoms with Gasteiger partial charge in [0.2, 0.25) is 0 Å². The van der Waals surface area contributed by atoms with Crippen LogP contribution >= 0.6 is 0 Å². The lowest BCUT2D eigenvalue weighted by Crippen LogP contribution is -2.31. The van der Waals surface area contributed by atoms with Crippen LogP contribution in [-0.2, 0) is 0 Å². The Hall–Kier alpha value is -1.09. The van der Waals surface area contributed by atoms with E-state index in [2.05, 4.69) is 19.2 Å². The summed E-state index contributed by atoms with van der Waals surface area (Å²) in [7, 11) is 0. The molecule has 0 aliphatic carbocycles. The SMILES string of the molecule is CCC(CC)NCCOc1cc(F)ccc1C. The molecule has 0 saturated carbocycles. The fourth-order valence-electron chi connectivity index (χ4n) is 1.73. The number of aryl methyl sites for hydroxylation is 1. The van der Waals surface area contributed by atoms with Gasteiger partial charge in [-0.05, 0) is 31.4 Å². The molecule has 0 unspecified atom stereocenters. The van der Waals surface area contributed by atoms with Crippen LogP contribution in [0, 0.1) is 12.7 Å². The average molecular weight is 239 g/mol. The van der Waals surface area contributed by atoms with E-state index in [1.807, 2.05) is 6.92 Å². The molecule has 0 saturated heterocycles. The lowest BCUT2D eigenvalue weighted by Gasteiger charge is -2.15. The van der Waals surface area contributed by atoms with Gasteiger partial charge in [-0.1, -0.05) is 19.9 Å². The van der Waals surface area contributed by atoms with Crippen molar-refractivity contribution >= 4 is 0 Å². The van der Waals surface area contributed by atoms with Crippen molar-refractivity contribution in [1.29, 1.82) is 0 Å². The van der Waals surface area contributed by atoms with Gasteiger partial charge in [-0.2, -0.15) is 0 Å². The van der Waals surface area contributed by atoms with E-state index in [9.17, 15) is 4.39 Å². The highest BCUT2D eigenvalue weighted by atomic mass is 19.1. The number of ether oxygens (including phenoxy) is 1. The Kier molecular flexibility index (Phi) is 5.98. The van der Waals surface area contributed by atoms with E-state index in [0.29, 0.717) is 18.4 Å². The number of halogens is 1. The van der Waals surface area contributed by atoms with E-state index in [-0.39, 0.29) is 5.82 Å². The molecule has 0 fully saturated rings. The van der Waals surface area contributed by atoms with Crippen molar-refractivity contribution in [3.8, 4) is 5.75 Å². The number of rotatable bonds is 7. The van der Waals surface area contributed by atoms with Gasteiger partial charge in [0.1, 0.15) is 18.2 Å². The number of benzene rings is 1. The zero-order chi connectivity index (χ0) is 12.7. The summed E-state index contributed by atoms with van der Waals surface area (Å²) in [5.74, 6) is 0.384. The second-order valence-corrected chi connectivity index (χ2v) is 4.23. The predicted octanol–water partition coefficient (Wildman–Crippen LogP) is 3.29. The molecule has 3 heteroatoms. The minimum Gasteiger partial charge on any atom is -0.492 e. The van der Waals surface area contributed by atoms with Crippen molar-refractivity contribution in [2.24, 2.45) is 0 Å². The quantitative estimate of drug-likeness (QED) is 0.737. The van der Waals surface area contributed by atoms with Crippen molar-refractivity contribution in [2.45, 2.75) is 39.7 Å². The Morgan fingerprint density at radius 1 is 1.29 bits per heavy atom. The van der Waals surface area contributed by atoms with Gasteiger partial charge < -0.3 is 10.1 Å². The van der Waals surface area contributed by atoms with Gasteiger partial charge in [0.05, 0.1) is 0 Å². The van der Waals surface area contributed by atoms with E-state index in [1.54, 1.807) is 6.07 Å². The maximum absolute atomic E-state index is 13.0. The van der Waals surface area contributed by atoms with E-state index in [1.165, 1.54) is 12.1 Å². The molecule has 17 heavy (non-hydrogen) atoms. The second-order valence-electron chi connectivity index (χ2n) is 4.23. The van der Waals surface area contributed by atoms with Crippen molar-refractivity contribution in [3.63, 3.8) is 0 Å². The number of nitrogens with one attached hydrogen (secondary N) is 1. The van der Waals surface area contributed by atoms with Crippen molar-refractivity contribution in [1.82, 2.24) is 5.32 Å². The first kappa shape index (κ1) is 14.0. The monoisotopic (exact) mass is 239 g/mol. The highest BCUT2D eigenvalue weighted by molar-refractivity contribution is 5.32. The highest BCUT2D eigenvalue weighted by Crippen LogP contribution is 2.18. The lowest BCUT2D eigenvalue weighted by molar-refractivity contribution is 0.299. The zero-order valence-electron chi connectivity index (χ0n) is 10.9. The minimum absolute atomic E-state index is 0.251. The third-order valence-electron chi connectivity index (χ3n) is 2.93. The van der Waals surface area contributed by atoms with Crippen molar-refractivity contribution in [2.75, 3.05) is 13.2 Å². The van der Waals surface area contributed by atoms with Crippen LogP contribution in [0.1, 0.15) is 32.3 Å². The third kappa shape index (κ3) is 4.73. The molecular formula is C14H22FNO. The van der Waals surface area contributed by atoms with Crippen LogP contribution in [0.4, 0.5) is 4.39 Å². The van der Waals surface area contributed by atoms with Crippen molar-refractivity contribution in [3.05, 3.63) is 29.6 Å². The van der Waals surface area contributed by atoms with Crippen LogP contribution in [0.3, 0.4) is 0 Å². The minimum atomic E-state index is -0.251. The smallest absolute Gasteiger partial charge is 0.126 e. The first-order chi connectivity index (χ1) is 8.17. The first-order valence-corrected chi connectivity index (χ1v) is 6.29. The third-order valence-corrected chi connectivity index (χ3v) is 2.93. The molecule has 0 heterocycles. The summed E-state index contributed by atoms with van der Waals surface area (Å²) < 4.78 is 18.6. The Balaban J connectivity index is 2.33. The van der Waals surface area contributed by atoms with Crippen LogP contribution in [-0.4, -0.2) is 19.2 Å². The Morgan fingerprint density at radius 2 is 2.00 bits per heavy atom. The van der Waals surface area contributed by atoms with Crippen molar-refractivity contribution < 1.29 is 9.13 Å². The molecule has 1 aromatic rings. The van der Waals surface area contributed by atoms with Gasteiger partial charge in [0.25, 0.3) is 0 Å². The summed E-state index contributed by atoms with van der Waals surface area (Å²) in [6.45, 7) is 7.61. The summed E-state index contributed by atoms with van der Waals surface area (Å²) in [5, 5.41) is 3.40. The predicted molar refractivity (Wildman–Crippen MR) is 69.0 cm³/mol. The molecule has 0 aliphatic rings. The highest BCUT2D eigenvalue weighted by Gasteiger charge is 2.03. The average Bonchev–Trinajstić information content (AvgIpc) is 2.33. The fourth-order valence-corrected chi connectivity index (χ4v) is 1.73. The van der Waals surface area contributed by atoms with Gasteiger partial charge >= 0.3 is 0 Å². The Bertz CT molecular complexity index is 337. The summed E-state index contributed by atoms with van der Waals surface area (Å²) in [4.78, 5) is 0. The summed E-state index contributed by atoms with van der Waals surface area (Å²) >= 11 is 0. The zero-order valence-corrected chi connectivity index (χ0v) is 10.9. The topological polar surface area (TPSA) is 21.3 Å². The molecule has 0 atom stereocenters. The Labute approximate surface area is 103 Å². The van der Waals surface area contributed by atoms with Gasteiger partial charge in [0.15, 0.2) is 0 Å². The van der Waals surface area contributed by atoms with E-state index < -0.39 is 0 Å². The summed E-state index contributed by atoms with van der Waals surface area (Å²) in [5.41, 5.74) is 0.967. The molecule has 0 amide bonds. The molecule has 0 bridgehead atoms. The molecule has 0 aliphatic heterocycles. The maximum Gasteiger partial charge on any atom is 0.126 e. The van der Waals surface area contributed by atoms with Gasteiger partial charge in [0, 0.05) is 18.7 Å². The first-order valence-electron chi connectivity index (χ1n) is 6.29. The summed E-state index contributed by atoms with van der Waals surface area (Å²) in [6.07, 6.45) is 2.24. The molecule has 2 nitrogen and oxygen atoms in total. The lowest BCUT2D eigenvalue weighted by atomic mass is 10.2. The molecular weight excluding hydrogens is 217 g/mol. The molecule has 1 rings (SSSR count). The van der Waals surface area contributed by atoms with Crippen LogP contribution < -0.4 is 10.1 Å². The summed E-state index contributed by atoms with van der Waals surface area (Å²) in [6, 6.07) is 5.17. The maximum atomic E-state index is 13.0. The fraction of sp³-hybridized carbons (Fsp3) is 0.571. The molecule has 0 radical (unpaired) electrons. The molecule has 1 N–H and O–H groups in total. The van der Waals surface area contributed by atoms with E-state index in [4.69, 9.17) is 4.74 Å². The van der Waals surface area contributed by atoms with Crippen LogP contribution in [0.15, 0.2) is 18.2 Å². The molecule has 96 valence electrons. The second kappa shape index (κ2) is 7.28. The van der Waals surface area contributed by atoms with Crippen LogP contribution in [0.2, 0.25) is 0 Å². The standard InChI is InChI=1S/C14H22FNO/c1-4-13(5-2)16-8-9-17-14-10-12(15)7-6-11(14)3/h6-7,10,13,16H,4-5,8-9H2,1-3H3. The normalized spacial score (nSPS) is 10.9. The van der Waals surface area contributed by atoms with E-state index >= 15 is 0 Å². The molecule has 1 aromatic carbocycles. The Morgan fingerprint density at radius 3 is 2.65 bits per heavy atom. The van der Waals surface area contributed by atoms with Gasteiger partial charge in [-0.3, -0.25) is 0 Å². The largest absolute Gasteiger partial charge is 0.492 e. The van der Waals surface area contributed by atoms with Crippen LogP contribution in [0.5, 0.6) is 5.75 Å².